The molecule has 1 unspecified atom stereocenters. The van der Waals surface area contributed by atoms with Gasteiger partial charge in [0.1, 0.15) is 11.0 Å². The Kier molecular flexibility index (Phi) is 4.05. The molecule has 0 saturated heterocycles. The lowest BCUT2D eigenvalue weighted by Gasteiger charge is -2.12. The van der Waals surface area contributed by atoms with Crippen molar-refractivity contribution in [2.45, 2.75) is 25.5 Å². The van der Waals surface area contributed by atoms with Gasteiger partial charge in [-0.1, -0.05) is 23.7 Å². The van der Waals surface area contributed by atoms with Gasteiger partial charge in [-0.3, -0.25) is 0 Å². The van der Waals surface area contributed by atoms with Gasteiger partial charge in [-0.05, 0) is 38.5 Å². The molecule has 0 amide bonds. The van der Waals surface area contributed by atoms with E-state index in [0.29, 0.717) is 5.02 Å². The molecular weight excluding hydrogens is 230 g/mol. The average molecular weight is 244 g/mol. The van der Waals surface area contributed by atoms with Gasteiger partial charge in [0.25, 0.3) is 0 Å². The SMILES string of the molecule is CC(C)(C)S(=O)/N=C/c1cccc(Cl)c1. The first kappa shape index (κ1) is 12.4. The van der Waals surface area contributed by atoms with Crippen molar-refractivity contribution in [1.82, 2.24) is 0 Å². The molecular formula is C11H14ClNOS. The van der Waals surface area contributed by atoms with Crippen molar-refractivity contribution in [2.24, 2.45) is 4.40 Å². The standard InChI is InChI=1S/C11H14ClNOS/c1-11(2,3)15(14)13-8-9-5-4-6-10(12)7-9/h4-8H,1-3H3/b13-8+. The Balaban J connectivity index is 2.79. The summed E-state index contributed by atoms with van der Waals surface area (Å²) in [5, 5.41) is 0.653. The van der Waals surface area contributed by atoms with Gasteiger partial charge in [0, 0.05) is 11.2 Å². The normalized spacial score (nSPS) is 14.4. The molecule has 1 atom stereocenters. The van der Waals surface area contributed by atoms with Crippen molar-refractivity contribution in [3.05, 3.63) is 34.9 Å². The van der Waals surface area contributed by atoms with Crippen LogP contribution in [-0.4, -0.2) is 15.2 Å². The minimum atomic E-state index is -1.22. The van der Waals surface area contributed by atoms with E-state index < -0.39 is 11.0 Å². The van der Waals surface area contributed by atoms with Gasteiger partial charge in [-0.15, -0.1) is 0 Å². The maximum atomic E-state index is 11.6. The van der Waals surface area contributed by atoms with E-state index in [-0.39, 0.29) is 4.75 Å². The Hall–Kier alpha value is -0.670. The van der Waals surface area contributed by atoms with Crippen LogP contribution in [0.3, 0.4) is 0 Å². The molecule has 1 rings (SSSR count). The molecule has 0 N–H and O–H groups in total. The average Bonchev–Trinajstić information content (AvgIpc) is 2.12. The highest BCUT2D eigenvalue weighted by Crippen LogP contribution is 2.13. The van der Waals surface area contributed by atoms with Crippen molar-refractivity contribution in [3.63, 3.8) is 0 Å². The predicted molar refractivity (Wildman–Crippen MR) is 66.9 cm³/mol. The number of halogens is 1. The van der Waals surface area contributed by atoms with Gasteiger partial charge < -0.3 is 0 Å². The van der Waals surface area contributed by atoms with Crippen LogP contribution in [-0.2, 0) is 11.0 Å². The number of rotatable bonds is 2. The second-order valence-electron chi connectivity index (χ2n) is 4.15. The smallest absolute Gasteiger partial charge is 0.144 e. The van der Waals surface area contributed by atoms with Crippen molar-refractivity contribution in [1.29, 1.82) is 0 Å². The third kappa shape index (κ3) is 4.14. The molecule has 1 aromatic rings. The van der Waals surface area contributed by atoms with Gasteiger partial charge >= 0.3 is 0 Å². The van der Waals surface area contributed by atoms with E-state index in [2.05, 4.69) is 4.40 Å². The monoisotopic (exact) mass is 243 g/mol. The molecule has 0 fully saturated rings. The number of hydrogen-bond acceptors (Lipinski definition) is 1. The molecule has 0 heterocycles. The number of benzene rings is 1. The fraction of sp³-hybridized carbons (Fsp3) is 0.364. The summed E-state index contributed by atoms with van der Waals surface area (Å²) < 4.78 is 15.3. The molecule has 2 nitrogen and oxygen atoms in total. The molecule has 0 aliphatic heterocycles. The molecule has 0 spiro atoms. The summed E-state index contributed by atoms with van der Waals surface area (Å²) in [6.07, 6.45) is 1.59. The third-order valence-corrected chi connectivity index (χ3v) is 3.25. The van der Waals surface area contributed by atoms with E-state index >= 15 is 0 Å². The second kappa shape index (κ2) is 4.90. The van der Waals surface area contributed by atoms with E-state index in [1.165, 1.54) is 0 Å². The van der Waals surface area contributed by atoms with Crippen LogP contribution in [0.1, 0.15) is 26.3 Å². The molecule has 0 aliphatic rings. The van der Waals surface area contributed by atoms with E-state index in [0.717, 1.165) is 5.56 Å². The van der Waals surface area contributed by atoms with Crippen molar-refractivity contribution in [3.8, 4) is 0 Å². The van der Waals surface area contributed by atoms with Crippen LogP contribution >= 0.6 is 11.6 Å². The molecule has 0 saturated carbocycles. The molecule has 0 aliphatic carbocycles. The van der Waals surface area contributed by atoms with Gasteiger partial charge in [0.15, 0.2) is 0 Å². The van der Waals surface area contributed by atoms with Gasteiger partial charge in [-0.2, -0.15) is 4.40 Å². The minimum Gasteiger partial charge on any atom is -0.234 e. The van der Waals surface area contributed by atoms with Gasteiger partial charge in [0.05, 0.1) is 4.75 Å². The first-order valence-electron chi connectivity index (χ1n) is 4.61. The largest absolute Gasteiger partial charge is 0.234 e. The quantitative estimate of drug-likeness (QED) is 0.734. The molecule has 1 aromatic carbocycles. The van der Waals surface area contributed by atoms with Crippen LogP contribution in [0, 0.1) is 0 Å². The summed E-state index contributed by atoms with van der Waals surface area (Å²) in [6.45, 7) is 5.66. The summed E-state index contributed by atoms with van der Waals surface area (Å²) >= 11 is 5.81. The number of hydrogen-bond donors (Lipinski definition) is 0. The van der Waals surface area contributed by atoms with Crippen molar-refractivity contribution >= 4 is 28.8 Å². The highest BCUT2D eigenvalue weighted by atomic mass is 35.5. The lowest BCUT2D eigenvalue weighted by molar-refractivity contribution is 0.651. The summed E-state index contributed by atoms with van der Waals surface area (Å²) in [7, 11) is -1.22. The minimum absolute atomic E-state index is 0.324. The van der Waals surface area contributed by atoms with Crippen LogP contribution < -0.4 is 0 Å². The van der Waals surface area contributed by atoms with Crippen molar-refractivity contribution < 1.29 is 4.21 Å². The Morgan fingerprint density at radius 3 is 2.60 bits per heavy atom. The maximum absolute atomic E-state index is 11.6. The summed E-state index contributed by atoms with van der Waals surface area (Å²) in [5.74, 6) is 0. The highest BCUT2D eigenvalue weighted by Gasteiger charge is 2.17. The van der Waals surface area contributed by atoms with Gasteiger partial charge in [-0.25, -0.2) is 4.21 Å². The Morgan fingerprint density at radius 1 is 1.40 bits per heavy atom. The Labute approximate surface area is 98.0 Å². The van der Waals surface area contributed by atoms with E-state index in [9.17, 15) is 4.21 Å². The Morgan fingerprint density at radius 2 is 2.07 bits per heavy atom. The maximum Gasteiger partial charge on any atom is 0.144 e. The van der Waals surface area contributed by atoms with Crippen LogP contribution in [0.5, 0.6) is 0 Å². The molecule has 4 heteroatoms. The molecule has 82 valence electrons. The van der Waals surface area contributed by atoms with Crippen LogP contribution in [0.25, 0.3) is 0 Å². The van der Waals surface area contributed by atoms with Gasteiger partial charge in [0.2, 0.25) is 0 Å². The van der Waals surface area contributed by atoms with E-state index in [4.69, 9.17) is 11.6 Å². The Bertz CT molecular complexity index is 396. The summed E-state index contributed by atoms with van der Waals surface area (Å²) in [5.41, 5.74) is 0.861. The fourth-order valence-electron chi connectivity index (χ4n) is 0.854. The molecule has 15 heavy (non-hydrogen) atoms. The second-order valence-corrected chi connectivity index (χ2v) is 6.52. The van der Waals surface area contributed by atoms with Crippen molar-refractivity contribution in [2.75, 3.05) is 0 Å². The topological polar surface area (TPSA) is 29.4 Å². The number of nitrogens with zero attached hydrogens (tertiary/aromatic N) is 1. The molecule has 0 radical (unpaired) electrons. The lowest BCUT2D eigenvalue weighted by Crippen LogP contribution is -2.19. The third-order valence-electron chi connectivity index (χ3n) is 1.67. The first-order chi connectivity index (χ1) is 6.89. The molecule has 0 aromatic heterocycles. The lowest BCUT2D eigenvalue weighted by atomic mass is 10.2. The van der Waals surface area contributed by atoms with Crippen LogP contribution in [0.2, 0.25) is 5.02 Å². The zero-order chi connectivity index (χ0) is 11.5. The summed E-state index contributed by atoms with van der Waals surface area (Å²) in [6, 6.07) is 7.28. The zero-order valence-corrected chi connectivity index (χ0v) is 10.6. The van der Waals surface area contributed by atoms with E-state index in [1.807, 2.05) is 32.9 Å². The fourth-order valence-corrected chi connectivity index (χ4v) is 1.59. The zero-order valence-electron chi connectivity index (χ0n) is 9.03. The highest BCUT2D eigenvalue weighted by molar-refractivity contribution is 7.85. The predicted octanol–water partition coefficient (Wildman–Crippen LogP) is 3.22. The van der Waals surface area contributed by atoms with E-state index in [1.54, 1.807) is 18.3 Å². The molecule has 0 bridgehead atoms. The summed E-state index contributed by atoms with van der Waals surface area (Å²) in [4.78, 5) is 0. The first-order valence-corrected chi connectivity index (χ1v) is 6.10. The van der Waals surface area contributed by atoms with Crippen LogP contribution in [0.4, 0.5) is 0 Å². The van der Waals surface area contributed by atoms with Crippen LogP contribution in [0.15, 0.2) is 28.7 Å².